The molecule has 2 rings (SSSR count). The summed E-state index contributed by atoms with van der Waals surface area (Å²) in [7, 11) is 0. The maximum absolute atomic E-state index is 12.1. The van der Waals surface area contributed by atoms with Crippen LogP contribution in [-0.4, -0.2) is 27.1 Å². The van der Waals surface area contributed by atoms with Gasteiger partial charge in [-0.2, -0.15) is 5.10 Å². The second-order valence-electron chi connectivity index (χ2n) is 4.04. The molecule has 1 aromatic heterocycles. The van der Waals surface area contributed by atoms with Gasteiger partial charge in [0.05, 0.1) is 17.4 Å². The second kappa shape index (κ2) is 5.74. The number of amides is 1. The van der Waals surface area contributed by atoms with Crippen LogP contribution in [0.15, 0.2) is 34.0 Å². The summed E-state index contributed by atoms with van der Waals surface area (Å²) in [4.78, 5) is 12.1. The number of nitrogens with zero attached hydrogens (tertiary/aromatic N) is 2. The van der Waals surface area contributed by atoms with Gasteiger partial charge in [0.15, 0.2) is 5.84 Å². The third kappa shape index (κ3) is 2.80. The summed E-state index contributed by atoms with van der Waals surface area (Å²) in [5.41, 5.74) is 7.52. The van der Waals surface area contributed by atoms with Crippen molar-refractivity contribution in [3.63, 3.8) is 0 Å². The highest BCUT2D eigenvalue weighted by atomic mass is 79.9. The Morgan fingerprint density at radius 2 is 2.25 bits per heavy atom. The molecule has 0 aliphatic rings. The zero-order valence-electron chi connectivity index (χ0n) is 10.5. The number of carbonyl (C=O) groups is 1. The van der Waals surface area contributed by atoms with E-state index in [1.165, 1.54) is 6.20 Å². The van der Waals surface area contributed by atoms with Crippen molar-refractivity contribution >= 4 is 33.4 Å². The van der Waals surface area contributed by atoms with E-state index in [-0.39, 0.29) is 11.7 Å². The topological polar surface area (TPSA) is 116 Å². The zero-order chi connectivity index (χ0) is 14.7. The lowest BCUT2D eigenvalue weighted by Gasteiger charge is -2.10. The molecule has 2 aromatic rings. The molecule has 0 aliphatic heterocycles. The van der Waals surface area contributed by atoms with Gasteiger partial charge in [0.2, 0.25) is 0 Å². The molecule has 20 heavy (non-hydrogen) atoms. The lowest BCUT2D eigenvalue weighted by molar-refractivity contribution is 0.102. The Hall–Kier alpha value is -2.35. The Kier molecular flexibility index (Phi) is 4.04. The van der Waals surface area contributed by atoms with E-state index in [2.05, 4.69) is 36.6 Å². The van der Waals surface area contributed by atoms with Crippen LogP contribution < -0.4 is 11.1 Å². The first-order chi connectivity index (χ1) is 9.52. The number of hydrogen-bond acceptors (Lipinski definition) is 4. The highest BCUT2D eigenvalue weighted by Crippen LogP contribution is 2.22. The van der Waals surface area contributed by atoms with Crippen molar-refractivity contribution < 1.29 is 10.0 Å². The molecule has 1 amide bonds. The van der Waals surface area contributed by atoms with E-state index in [0.717, 1.165) is 4.47 Å². The molecule has 0 aliphatic carbocycles. The van der Waals surface area contributed by atoms with E-state index in [9.17, 15) is 4.79 Å². The number of aromatic amines is 1. The van der Waals surface area contributed by atoms with Crippen LogP contribution in [-0.2, 0) is 0 Å². The third-order valence-corrected chi connectivity index (χ3v) is 3.18. The first-order valence-electron chi connectivity index (χ1n) is 5.61. The van der Waals surface area contributed by atoms with Gasteiger partial charge >= 0.3 is 0 Å². The summed E-state index contributed by atoms with van der Waals surface area (Å²) in [6.45, 7) is 1.74. The van der Waals surface area contributed by atoms with Crippen molar-refractivity contribution in [3.8, 4) is 0 Å². The number of hydrogen-bond donors (Lipinski definition) is 4. The molecule has 0 saturated heterocycles. The maximum Gasteiger partial charge on any atom is 0.259 e. The Morgan fingerprint density at radius 1 is 1.50 bits per heavy atom. The fraction of sp³-hybridized carbons (Fsp3) is 0.0833. The van der Waals surface area contributed by atoms with Gasteiger partial charge in [-0.3, -0.25) is 9.89 Å². The monoisotopic (exact) mass is 337 g/mol. The maximum atomic E-state index is 12.1. The fourth-order valence-electron chi connectivity index (χ4n) is 1.67. The number of amidine groups is 1. The molecule has 5 N–H and O–H groups in total. The summed E-state index contributed by atoms with van der Waals surface area (Å²) in [6.07, 6.45) is 1.44. The summed E-state index contributed by atoms with van der Waals surface area (Å²) >= 11 is 3.31. The molecule has 0 radical (unpaired) electrons. The van der Waals surface area contributed by atoms with Crippen LogP contribution in [0.25, 0.3) is 0 Å². The van der Waals surface area contributed by atoms with Gasteiger partial charge in [0.25, 0.3) is 5.91 Å². The highest BCUT2D eigenvalue weighted by Gasteiger charge is 2.15. The van der Waals surface area contributed by atoms with E-state index >= 15 is 0 Å². The molecule has 0 saturated carbocycles. The van der Waals surface area contributed by atoms with Crippen molar-refractivity contribution in [1.29, 1.82) is 0 Å². The van der Waals surface area contributed by atoms with Gasteiger partial charge in [-0.05, 0) is 25.1 Å². The number of carbonyl (C=O) groups excluding carboxylic acids is 1. The summed E-state index contributed by atoms with van der Waals surface area (Å²) in [5.74, 6) is -0.418. The number of anilines is 1. The van der Waals surface area contributed by atoms with Crippen LogP contribution in [0, 0.1) is 6.92 Å². The number of rotatable bonds is 3. The van der Waals surface area contributed by atoms with Crippen molar-refractivity contribution in [2.45, 2.75) is 6.92 Å². The normalized spacial score (nSPS) is 11.4. The molecular formula is C12H12BrN5O2. The standard InChI is InChI=1S/C12H12BrN5O2/c1-6-9(5-15-17-6)12(19)16-10-4-7(13)2-3-8(10)11(14)18-20/h2-5,20H,1H3,(H2,14,18)(H,15,17)(H,16,19). The van der Waals surface area contributed by atoms with Gasteiger partial charge in [-0.25, -0.2) is 0 Å². The molecule has 1 heterocycles. The lowest BCUT2D eigenvalue weighted by Crippen LogP contribution is -2.19. The molecule has 0 fully saturated rings. The van der Waals surface area contributed by atoms with Gasteiger partial charge < -0.3 is 16.3 Å². The Morgan fingerprint density at radius 3 is 2.85 bits per heavy atom. The fourth-order valence-corrected chi connectivity index (χ4v) is 2.03. The van der Waals surface area contributed by atoms with E-state index in [1.54, 1.807) is 25.1 Å². The summed E-state index contributed by atoms with van der Waals surface area (Å²) in [6, 6.07) is 5.03. The van der Waals surface area contributed by atoms with Crippen LogP contribution in [0.3, 0.4) is 0 Å². The zero-order valence-corrected chi connectivity index (χ0v) is 12.1. The lowest BCUT2D eigenvalue weighted by atomic mass is 10.1. The Bertz CT molecular complexity index is 680. The molecule has 7 nitrogen and oxygen atoms in total. The van der Waals surface area contributed by atoms with Crippen molar-refractivity contribution in [2.24, 2.45) is 10.9 Å². The summed E-state index contributed by atoms with van der Waals surface area (Å²) < 4.78 is 0.756. The van der Waals surface area contributed by atoms with Crippen LogP contribution in [0.5, 0.6) is 0 Å². The van der Waals surface area contributed by atoms with E-state index < -0.39 is 0 Å². The van der Waals surface area contributed by atoms with Crippen LogP contribution in [0.2, 0.25) is 0 Å². The van der Waals surface area contributed by atoms with E-state index in [4.69, 9.17) is 10.9 Å². The molecule has 8 heteroatoms. The average Bonchev–Trinajstić information content (AvgIpc) is 2.84. The molecule has 0 spiro atoms. The number of aromatic nitrogens is 2. The third-order valence-electron chi connectivity index (χ3n) is 2.69. The van der Waals surface area contributed by atoms with Crippen molar-refractivity contribution in [2.75, 3.05) is 5.32 Å². The number of benzene rings is 1. The minimum absolute atomic E-state index is 0.0864. The molecule has 0 atom stereocenters. The predicted molar refractivity (Wildman–Crippen MR) is 77.9 cm³/mol. The predicted octanol–water partition coefficient (Wildman–Crippen LogP) is 1.83. The number of H-pyrrole nitrogens is 1. The quantitative estimate of drug-likeness (QED) is 0.296. The van der Waals surface area contributed by atoms with E-state index in [0.29, 0.717) is 22.5 Å². The van der Waals surface area contributed by atoms with Crippen LogP contribution in [0.4, 0.5) is 5.69 Å². The van der Waals surface area contributed by atoms with Gasteiger partial charge in [0.1, 0.15) is 0 Å². The number of nitrogens with one attached hydrogen (secondary N) is 2. The molecular weight excluding hydrogens is 326 g/mol. The largest absolute Gasteiger partial charge is 0.409 e. The average molecular weight is 338 g/mol. The minimum atomic E-state index is -0.332. The molecule has 104 valence electrons. The molecule has 0 unspecified atom stereocenters. The number of nitrogens with two attached hydrogens (primary N) is 1. The van der Waals surface area contributed by atoms with Crippen LogP contribution >= 0.6 is 15.9 Å². The number of halogens is 1. The van der Waals surface area contributed by atoms with Crippen LogP contribution in [0.1, 0.15) is 21.6 Å². The smallest absolute Gasteiger partial charge is 0.259 e. The minimum Gasteiger partial charge on any atom is -0.409 e. The number of oxime groups is 1. The van der Waals surface area contributed by atoms with Gasteiger partial charge in [0, 0.05) is 15.7 Å². The van der Waals surface area contributed by atoms with Crippen molar-refractivity contribution in [1.82, 2.24) is 10.2 Å². The Labute approximate surface area is 123 Å². The highest BCUT2D eigenvalue weighted by molar-refractivity contribution is 9.10. The Balaban J connectivity index is 2.36. The first kappa shape index (κ1) is 14.1. The van der Waals surface area contributed by atoms with Gasteiger partial charge in [-0.1, -0.05) is 21.1 Å². The second-order valence-corrected chi connectivity index (χ2v) is 4.95. The number of aryl methyl sites for hydroxylation is 1. The molecule has 1 aromatic carbocycles. The summed E-state index contributed by atoms with van der Waals surface area (Å²) in [5, 5.41) is 20.9. The van der Waals surface area contributed by atoms with Crippen molar-refractivity contribution in [3.05, 3.63) is 45.7 Å². The first-order valence-corrected chi connectivity index (χ1v) is 6.41. The molecule has 0 bridgehead atoms. The van der Waals surface area contributed by atoms with Gasteiger partial charge in [-0.15, -0.1) is 0 Å². The van der Waals surface area contributed by atoms with E-state index in [1.807, 2.05) is 0 Å². The SMILES string of the molecule is Cc1[nH]ncc1C(=O)Nc1cc(Br)ccc1/C(N)=N/O.